The fourth-order valence-electron chi connectivity index (χ4n) is 3.97. The molecule has 1 unspecified atom stereocenters. The van der Waals surface area contributed by atoms with Crippen molar-refractivity contribution in [3.8, 4) is 0 Å². The molecule has 7 heteroatoms. The van der Waals surface area contributed by atoms with E-state index >= 15 is 0 Å². The van der Waals surface area contributed by atoms with E-state index in [0.29, 0.717) is 17.6 Å². The summed E-state index contributed by atoms with van der Waals surface area (Å²) in [5.41, 5.74) is 6.05. The Morgan fingerprint density at radius 3 is 2.35 bits per heavy atom. The molecule has 2 heterocycles. The van der Waals surface area contributed by atoms with E-state index in [1.165, 1.54) is 12.5 Å². The van der Waals surface area contributed by atoms with Crippen molar-refractivity contribution in [2.45, 2.75) is 39.7 Å². The monoisotopic (exact) mass is 456 g/mol. The fourth-order valence-corrected chi connectivity index (χ4v) is 3.97. The number of aryl methyl sites for hydroxylation is 4. The standard InChI is InChI=1S/C27H28N4O3/c1-17-9-7-10-18(2)23(17)30-25-22(15-14-20-11-5-4-6-12-20)29-24-21(13-8-16-31(24)25)26(32)28-19(3)27(33)34/h4-13,16,19,30H,14-15H2,1-3H3,(H,28,32)(H,33,34). The predicted octanol–water partition coefficient (Wildman–Crippen LogP) is 4.68. The molecular weight excluding hydrogens is 428 g/mol. The van der Waals surface area contributed by atoms with E-state index < -0.39 is 17.9 Å². The summed E-state index contributed by atoms with van der Waals surface area (Å²) in [7, 11) is 0. The largest absolute Gasteiger partial charge is 0.480 e. The van der Waals surface area contributed by atoms with Crippen molar-refractivity contribution in [2.24, 2.45) is 0 Å². The third-order valence-electron chi connectivity index (χ3n) is 5.90. The molecule has 0 aliphatic heterocycles. The zero-order chi connectivity index (χ0) is 24.2. The Morgan fingerprint density at radius 2 is 1.68 bits per heavy atom. The Bertz CT molecular complexity index is 1320. The topological polar surface area (TPSA) is 95.7 Å². The number of rotatable bonds is 8. The second-order valence-corrected chi connectivity index (χ2v) is 8.43. The van der Waals surface area contributed by atoms with Crippen LogP contribution in [-0.4, -0.2) is 32.4 Å². The summed E-state index contributed by atoms with van der Waals surface area (Å²) in [6, 6.07) is 18.7. The number of hydrogen-bond donors (Lipinski definition) is 3. The van der Waals surface area contributed by atoms with E-state index in [4.69, 9.17) is 4.98 Å². The van der Waals surface area contributed by atoms with Crippen LogP contribution in [0, 0.1) is 13.8 Å². The Hall–Kier alpha value is -4.13. The van der Waals surface area contributed by atoms with E-state index in [1.807, 2.05) is 60.8 Å². The van der Waals surface area contributed by atoms with Gasteiger partial charge in [-0.25, -0.2) is 4.98 Å². The lowest BCUT2D eigenvalue weighted by Gasteiger charge is -2.14. The molecular formula is C27H28N4O3. The van der Waals surface area contributed by atoms with Crippen LogP contribution in [0.4, 0.5) is 11.5 Å². The highest BCUT2D eigenvalue weighted by Gasteiger charge is 2.21. The van der Waals surface area contributed by atoms with Crippen LogP contribution in [0.25, 0.3) is 5.65 Å². The van der Waals surface area contributed by atoms with Gasteiger partial charge in [0.1, 0.15) is 11.9 Å². The van der Waals surface area contributed by atoms with Crippen molar-refractivity contribution in [1.82, 2.24) is 14.7 Å². The van der Waals surface area contributed by atoms with Crippen molar-refractivity contribution in [1.29, 1.82) is 0 Å². The fraction of sp³-hybridized carbons (Fsp3) is 0.222. The minimum absolute atomic E-state index is 0.325. The van der Waals surface area contributed by atoms with Crippen LogP contribution >= 0.6 is 0 Å². The lowest BCUT2D eigenvalue weighted by molar-refractivity contribution is -0.138. The highest BCUT2D eigenvalue weighted by Crippen LogP contribution is 2.29. The molecule has 0 saturated carbocycles. The van der Waals surface area contributed by atoms with Crippen molar-refractivity contribution < 1.29 is 14.7 Å². The molecule has 2 aromatic carbocycles. The van der Waals surface area contributed by atoms with Crippen molar-refractivity contribution in [3.05, 3.63) is 94.8 Å². The van der Waals surface area contributed by atoms with Crippen LogP contribution in [0.15, 0.2) is 66.9 Å². The number of nitrogens with one attached hydrogen (secondary N) is 2. The SMILES string of the molecule is Cc1cccc(C)c1Nc1c(CCc2ccccc2)nc2c(C(=O)NC(C)C(=O)O)cccn12. The molecule has 0 aliphatic carbocycles. The second-order valence-electron chi connectivity index (χ2n) is 8.43. The molecule has 1 amide bonds. The average molecular weight is 457 g/mol. The summed E-state index contributed by atoms with van der Waals surface area (Å²) >= 11 is 0. The first-order valence-electron chi connectivity index (χ1n) is 11.3. The molecule has 4 rings (SSSR count). The number of anilines is 2. The van der Waals surface area contributed by atoms with Gasteiger partial charge >= 0.3 is 5.97 Å². The molecule has 4 aromatic rings. The second kappa shape index (κ2) is 9.79. The Morgan fingerprint density at radius 1 is 0.971 bits per heavy atom. The highest BCUT2D eigenvalue weighted by molar-refractivity contribution is 6.01. The highest BCUT2D eigenvalue weighted by atomic mass is 16.4. The number of hydrogen-bond acceptors (Lipinski definition) is 4. The third-order valence-corrected chi connectivity index (χ3v) is 5.90. The predicted molar refractivity (Wildman–Crippen MR) is 133 cm³/mol. The maximum Gasteiger partial charge on any atom is 0.325 e. The van der Waals surface area contributed by atoms with Gasteiger partial charge in [0.2, 0.25) is 0 Å². The number of fused-ring (bicyclic) bond motifs is 1. The van der Waals surface area contributed by atoms with Gasteiger partial charge in [0, 0.05) is 11.9 Å². The number of aliphatic carboxylic acids is 1. The number of imidazole rings is 1. The molecule has 0 radical (unpaired) electrons. The van der Waals surface area contributed by atoms with Crippen LogP contribution in [0.3, 0.4) is 0 Å². The molecule has 0 spiro atoms. The first-order chi connectivity index (χ1) is 16.3. The van der Waals surface area contributed by atoms with Gasteiger partial charge in [-0.3, -0.25) is 14.0 Å². The number of amides is 1. The Balaban J connectivity index is 1.78. The number of benzene rings is 2. The van der Waals surface area contributed by atoms with E-state index in [9.17, 15) is 14.7 Å². The van der Waals surface area contributed by atoms with Crippen molar-refractivity contribution in [2.75, 3.05) is 5.32 Å². The molecule has 0 aliphatic rings. The zero-order valence-electron chi connectivity index (χ0n) is 19.5. The number of carboxylic acid groups (broad SMARTS) is 1. The minimum Gasteiger partial charge on any atom is -0.480 e. The number of carbonyl (C=O) groups excluding carboxylic acids is 1. The van der Waals surface area contributed by atoms with E-state index in [2.05, 4.69) is 22.8 Å². The molecule has 3 N–H and O–H groups in total. The lowest BCUT2D eigenvalue weighted by atomic mass is 10.1. The van der Waals surface area contributed by atoms with Crippen molar-refractivity contribution >= 4 is 29.0 Å². The summed E-state index contributed by atoms with van der Waals surface area (Å²) in [6.45, 7) is 5.54. The van der Waals surface area contributed by atoms with Gasteiger partial charge in [-0.15, -0.1) is 0 Å². The molecule has 34 heavy (non-hydrogen) atoms. The molecule has 1 atom stereocenters. The Labute approximate surface area is 198 Å². The van der Waals surface area contributed by atoms with Crippen LogP contribution in [-0.2, 0) is 17.6 Å². The summed E-state index contributed by atoms with van der Waals surface area (Å²) in [6.07, 6.45) is 3.33. The van der Waals surface area contributed by atoms with Crippen LogP contribution in [0.1, 0.15) is 39.7 Å². The van der Waals surface area contributed by atoms with Crippen LogP contribution < -0.4 is 10.6 Å². The van der Waals surface area contributed by atoms with Gasteiger partial charge in [0.25, 0.3) is 5.91 Å². The van der Waals surface area contributed by atoms with Gasteiger partial charge in [-0.2, -0.15) is 0 Å². The van der Waals surface area contributed by atoms with E-state index in [1.54, 1.807) is 12.1 Å². The zero-order valence-corrected chi connectivity index (χ0v) is 19.5. The number of carboxylic acids is 1. The number of pyridine rings is 1. The number of nitrogens with zero attached hydrogens (tertiary/aromatic N) is 2. The first-order valence-corrected chi connectivity index (χ1v) is 11.3. The molecule has 0 bridgehead atoms. The molecule has 2 aromatic heterocycles. The Kier molecular flexibility index (Phi) is 6.63. The molecule has 0 saturated heterocycles. The molecule has 0 fully saturated rings. The molecule has 174 valence electrons. The normalized spacial score (nSPS) is 11.9. The van der Waals surface area contributed by atoms with Gasteiger partial charge in [0.05, 0.1) is 11.3 Å². The average Bonchev–Trinajstić information content (AvgIpc) is 3.18. The number of para-hydroxylation sites is 1. The third kappa shape index (κ3) is 4.78. The van der Waals surface area contributed by atoms with Gasteiger partial charge < -0.3 is 15.7 Å². The maximum atomic E-state index is 12.9. The van der Waals surface area contributed by atoms with Crippen LogP contribution in [0.2, 0.25) is 0 Å². The lowest BCUT2D eigenvalue weighted by Crippen LogP contribution is -2.38. The number of aromatic nitrogens is 2. The smallest absolute Gasteiger partial charge is 0.325 e. The number of carbonyl (C=O) groups is 2. The van der Waals surface area contributed by atoms with Gasteiger partial charge in [-0.05, 0) is 62.4 Å². The van der Waals surface area contributed by atoms with Gasteiger partial charge in [-0.1, -0.05) is 48.5 Å². The quantitative estimate of drug-likeness (QED) is 0.358. The minimum atomic E-state index is -1.09. The molecule has 7 nitrogen and oxygen atoms in total. The summed E-state index contributed by atoms with van der Waals surface area (Å²) in [4.78, 5) is 29.0. The van der Waals surface area contributed by atoms with E-state index in [-0.39, 0.29) is 0 Å². The summed E-state index contributed by atoms with van der Waals surface area (Å²) in [5, 5.41) is 15.3. The van der Waals surface area contributed by atoms with Crippen molar-refractivity contribution in [3.63, 3.8) is 0 Å². The summed E-state index contributed by atoms with van der Waals surface area (Å²) in [5.74, 6) is -0.771. The summed E-state index contributed by atoms with van der Waals surface area (Å²) < 4.78 is 1.87. The van der Waals surface area contributed by atoms with E-state index in [0.717, 1.165) is 34.7 Å². The maximum absolute atomic E-state index is 12.9. The van der Waals surface area contributed by atoms with Crippen LogP contribution in [0.5, 0.6) is 0 Å². The first kappa shape index (κ1) is 23.0. The van der Waals surface area contributed by atoms with Gasteiger partial charge in [0.15, 0.2) is 5.65 Å².